The summed E-state index contributed by atoms with van der Waals surface area (Å²) >= 11 is 0. The molecular weight excluding hydrogens is 224 g/mol. The topological polar surface area (TPSA) is 41.0 Å². The molecule has 0 spiro atoms. The zero-order valence-electron chi connectivity index (χ0n) is 11.5. The van der Waals surface area contributed by atoms with E-state index in [-0.39, 0.29) is 0 Å². The minimum Gasteiger partial charge on any atom is -0.351 e. The highest BCUT2D eigenvalue weighted by molar-refractivity contribution is 5.38. The Labute approximate surface area is 110 Å². The quantitative estimate of drug-likeness (QED) is 0.538. The molecule has 1 aromatic heterocycles. The Bertz CT molecular complexity index is 334. The van der Waals surface area contributed by atoms with Crippen LogP contribution in [0.15, 0.2) is 24.8 Å². The number of aromatic nitrogens is 2. The summed E-state index contributed by atoms with van der Waals surface area (Å²) in [5, 5.41) is 11.8. The van der Waals surface area contributed by atoms with Gasteiger partial charge in [-0.25, -0.2) is 0 Å². The second kappa shape index (κ2) is 8.64. The number of rotatable bonds is 9. The van der Waals surface area contributed by atoms with Gasteiger partial charge in [0.15, 0.2) is 5.82 Å². The SMILES string of the molecule is C=CCN(CCC)c1ccc(CNCCC)nn1. The number of anilines is 1. The van der Waals surface area contributed by atoms with Crippen molar-refractivity contribution in [1.82, 2.24) is 15.5 Å². The molecule has 0 atom stereocenters. The van der Waals surface area contributed by atoms with Crippen molar-refractivity contribution >= 4 is 5.82 Å². The molecule has 0 amide bonds. The van der Waals surface area contributed by atoms with Crippen LogP contribution in [0.1, 0.15) is 32.4 Å². The van der Waals surface area contributed by atoms with Crippen molar-refractivity contribution in [2.45, 2.75) is 33.2 Å². The lowest BCUT2D eigenvalue weighted by molar-refractivity contribution is 0.655. The van der Waals surface area contributed by atoms with Crippen LogP contribution in [-0.2, 0) is 6.54 Å². The predicted octanol–water partition coefficient (Wildman–Crippen LogP) is 2.38. The Hall–Kier alpha value is -1.42. The molecule has 18 heavy (non-hydrogen) atoms. The van der Waals surface area contributed by atoms with Crippen molar-refractivity contribution in [3.8, 4) is 0 Å². The van der Waals surface area contributed by atoms with Gasteiger partial charge >= 0.3 is 0 Å². The van der Waals surface area contributed by atoms with Crippen LogP contribution >= 0.6 is 0 Å². The van der Waals surface area contributed by atoms with Crippen molar-refractivity contribution in [1.29, 1.82) is 0 Å². The van der Waals surface area contributed by atoms with Crippen LogP contribution < -0.4 is 10.2 Å². The summed E-state index contributed by atoms with van der Waals surface area (Å²) in [5.41, 5.74) is 0.988. The van der Waals surface area contributed by atoms with Gasteiger partial charge in [0.2, 0.25) is 0 Å². The van der Waals surface area contributed by atoms with E-state index in [0.29, 0.717) is 0 Å². The van der Waals surface area contributed by atoms with Crippen LogP contribution in [-0.4, -0.2) is 29.8 Å². The van der Waals surface area contributed by atoms with Crippen LogP contribution in [0.4, 0.5) is 5.82 Å². The van der Waals surface area contributed by atoms with Gasteiger partial charge in [0.25, 0.3) is 0 Å². The average Bonchev–Trinajstić information content (AvgIpc) is 2.40. The van der Waals surface area contributed by atoms with Crippen molar-refractivity contribution in [2.24, 2.45) is 0 Å². The molecule has 0 bridgehead atoms. The van der Waals surface area contributed by atoms with Gasteiger partial charge < -0.3 is 10.2 Å². The molecule has 0 aliphatic rings. The van der Waals surface area contributed by atoms with Crippen LogP contribution in [0.2, 0.25) is 0 Å². The standard InChI is InChI=1S/C14H24N4/c1-4-9-15-12-13-7-8-14(17-16-13)18(10-5-2)11-6-3/h5,7-8,15H,2,4,6,9-12H2,1,3H3. The summed E-state index contributed by atoms with van der Waals surface area (Å²) in [6.45, 7) is 11.7. The second-order valence-electron chi connectivity index (χ2n) is 4.29. The molecule has 1 aromatic rings. The Balaban J connectivity index is 2.58. The highest BCUT2D eigenvalue weighted by atomic mass is 15.3. The molecule has 4 nitrogen and oxygen atoms in total. The van der Waals surface area contributed by atoms with E-state index in [2.05, 4.69) is 40.8 Å². The third kappa shape index (κ3) is 4.84. The van der Waals surface area contributed by atoms with E-state index in [4.69, 9.17) is 0 Å². The van der Waals surface area contributed by atoms with E-state index in [1.54, 1.807) is 0 Å². The Morgan fingerprint density at radius 1 is 1.28 bits per heavy atom. The molecule has 0 aliphatic heterocycles. The molecule has 0 aliphatic carbocycles. The maximum atomic E-state index is 4.28. The molecule has 0 unspecified atom stereocenters. The van der Waals surface area contributed by atoms with Gasteiger partial charge in [0.1, 0.15) is 0 Å². The molecule has 1 N–H and O–H groups in total. The van der Waals surface area contributed by atoms with Crippen molar-refractivity contribution in [2.75, 3.05) is 24.5 Å². The van der Waals surface area contributed by atoms with Gasteiger partial charge in [0, 0.05) is 19.6 Å². The molecule has 0 radical (unpaired) electrons. The molecular formula is C14H24N4. The maximum absolute atomic E-state index is 4.28. The van der Waals surface area contributed by atoms with E-state index in [1.165, 1.54) is 0 Å². The molecule has 0 fully saturated rings. The van der Waals surface area contributed by atoms with Gasteiger partial charge in [0.05, 0.1) is 5.69 Å². The Morgan fingerprint density at radius 3 is 2.67 bits per heavy atom. The summed E-state index contributed by atoms with van der Waals surface area (Å²) in [6, 6.07) is 4.08. The van der Waals surface area contributed by atoms with Gasteiger partial charge in [-0.2, -0.15) is 5.10 Å². The van der Waals surface area contributed by atoms with Crippen molar-refractivity contribution < 1.29 is 0 Å². The molecule has 4 heteroatoms. The van der Waals surface area contributed by atoms with E-state index in [9.17, 15) is 0 Å². The summed E-state index contributed by atoms with van der Waals surface area (Å²) < 4.78 is 0. The van der Waals surface area contributed by atoms with E-state index in [0.717, 1.165) is 50.5 Å². The highest BCUT2D eigenvalue weighted by Crippen LogP contribution is 2.10. The predicted molar refractivity (Wildman–Crippen MR) is 76.7 cm³/mol. The van der Waals surface area contributed by atoms with E-state index >= 15 is 0 Å². The third-order valence-electron chi connectivity index (χ3n) is 2.61. The first-order chi connectivity index (χ1) is 8.81. The summed E-state index contributed by atoms with van der Waals surface area (Å²) in [7, 11) is 0. The fourth-order valence-electron chi connectivity index (χ4n) is 1.73. The number of hydrogen-bond acceptors (Lipinski definition) is 4. The smallest absolute Gasteiger partial charge is 0.151 e. The maximum Gasteiger partial charge on any atom is 0.151 e. The number of hydrogen-bond donors (Lipinski definition) is 1. The Kier molecular flexibility index (Phi) is 7.03. The second-order valence-corrected chi connectivity index (χ2v) is 4.29. The molecule has 0 saturated heterocycles. The Morgan fingerprint density at radius 2 is 2.11 bits per heavy atom. The van der Waals surface area contributed by atoms with Crippen LogP contribution in [0.5, 0.6) is 0 Å². The highest BCUT2D eigenvalue weighted by Gasteiger charge is 2.05. The molecule has 0 aromatic carbocycles. The minimum absolute atomic E-state index is 0.788. The average molecular weight is 248 g/mol. The normalized spacial score (nSPS) is 10.3. The lowest BCUT2D eigenvalue weighted by Crippen LogP contribution is -2.25. The fraction of sp³-hybridized carbons (Fsp3) is 0.571. The molecule has 1 heterocycles. The summed E-state index contributed by atoms with van der Waals surface area (Å²) in [6.07, 6.45) is 4.12. The monoisotopic (exact) mass is 248 g/mol. The number of nitrogens with one attached hydrogen (secondary N) is 1. The van der Waals surface area contributed by atoms with E-state index in [1.807, 2.05) is 18.2 Å². The van der Waals surface area contributed by atoms with Gasteiger partial charge in [-0.1, -0.05) is 19.9 Å². The van der Waals surface area contributed by atoms with Gasteiger partial charge in [-0.05, 0) is 31.5 Å². The van der Waals surface area contributed by atoms with Gasteiger partial charge in [-0.3, -0.25) is 0 Å². The lowest BCUT2D eigenvalue weighted by atomic mass is 10.3. The zero-order valence-corrected chi connectivity index (χ0v) is 11.5. The van der Waals surface area contributed by atoms with E-state index < -0.39 is 0 Å². The first-order valence-electron chi connectivity index (χ1n) is 6.71. The molecule has 1 rings (SSSR count). The molecule has 100 valence electrons. The molecule has 0 saturated carbocycles. The summed E-state index contributed by atoms with van der Waals surface area (Å²) in [4.78, 5) is 2.18. The number of nitrogens with zero attached hydrogens (tertiary/aromatic N) is 3. The van der Waals surface area contributed by atoms with Crippen molar-refractivity contribution in [3.63, 3.8) is 0 Å². The lowest BCUT2D eigenvalue weighted by Gasteiger charge is -2.20. The summed E-state index contributed by atoms with van der Waals surface area (Å²) in [5.74, 6) is 0.927. The fourth-order valence-corrected chi connectivity index (χ4v) is 1.73. The zero-order chi connectivity index (χ0) is 13.2. The van der Waals surface area contributed by atoms with Crippen LogP contribution in [0, 0.1) is 0 Å². The van der Waals surface area contributed by atoms with Crippen molar-refractivity contribution in [3.05, 3.63) is 30.5 Å². The van der Waals surface area contributed by atoms with Crippen LogP contribution in [0.25, 0.3) is 0 Å². The first kappa shape index (κ1) is 14.6. The van der Waals surface area contributed by atoms with Crippen LogP contribution in [0.3, 0.4) is 0 Å². The first-order valence-corrected chi connectivity index (χ1v) is 6.71. The van der Waals surface area contributed by atoms with Gasteiger partial charge in [-0.15, -0.1) is 11.7 Å². The third-order valence-corrected chi connectivity index (χ3v) is 2.61. The minimum atomic E-state index is 0.788. The largest absolute Gasteiger partial charge is 0.351 e.